The molecule has 0 amide bonds. The molecule has 72 valence electrons. The summed E-state index contributed by atoms with van der Waals surface area (Å²) < 4.78 is 10.3. The topological polar surface area (TPSA) is 57.4 Å². The third-order valence-electron chi connectivity index (χ3n) is 1.57. The number of pyridine rings is 1. The van der Waals surface area contributed by atoms with E-state index in [1.54, 1.807) is 25.6 Å². The molecule has 13 heavy (non-hydrogen) atoms. The van der Waals surface area contributed by atoms with E-state index >= 15 is 0 Å². The maximum absolute atomic E-state index is 5.64. The molecule has 1 heterocycles. The van der Waals surface area contributed by atoms with Crippen LogP contribution >= 0.6 is 0 Å². The second-order valence-corrected chi connectivity index (χ2v) is 2.61. The minimum atomic E-state index is 0.601. The van der Waals surface area contributed by atoms with Crippen molar-refractivity contribution in [3.05, 3.63) is 18.5 Å². The van der Waals surface area contributed by atoms with Gasteiger partial charge < -0.3 is 15.2 Å². The Morgan fingerprint density at radius 3 is 3.00 bits per heavy atom. The molecule has 1 rings (SSSR count). The Balaban J connectivity index is 2.32. The molecule has 1 aromatic rings. The monoisotopic (exact) mass is 182 g/mol. The summed E-state index contributed by atoms with van der Waals surface area (Å²) in [5, 5.41) is 0. The number of methoxy groups -OCH3 is 1. The van der Waals surface area contributed by atoms with Crippen LogP contribution in [0.1, 0.15) is 6.42 Å². The minimum absolute atomic E-state index is 0.601. The molecule has 0 saturated carbocycles. The van der Waals surface area contributed by atoms with E-state index in [4.69, 9.17) is 15.2 Å². The van der Waals surface area contributed by atoms with Crippen LogP contribution in [-0.2, 0) is 4.74 Å². The molecule has 0 aliphatic heterocycles. The van der Waals surface area contributed by atoms with Crippen molar-refractivity contribution in [2.75, 3.05) is 26.1 Å². The maximum atomic E-state index is 5.64. The molecule has 0 radical (unpaired) electrons. The van der Waals surface area contributed by atoms with Gasteiger partial charge in [-0.15, -0.1) is 0 Å². The molecule has 0 unspecified atom stereocenters. The SMILES string of the molecule is COCCCOc1cnccc1N. The van der Waals surface area contributed by atoms with E-state index in [-0.39, 0.29) is 0 Å². The van der Waals surface area contributed by atoms with E-state index in [1.807, 2.05) is 0 Å². The first-order valence-corrected chi connectivity index (χ1v) is 4.16. The zero-order valence-corrected chi connectivity index (χ0v) is 7.69. The van der Waals surface area contributed by atoms with Crippen LogP contribution in [0.25, 0.3) is 0 Å². The first-order chi connectivity index (χ1) is 6.34. The fourth-order valence-electron chi connectivity index (χ4n) is 0.897. The van der Waals surface area contributed by atoms with Gasteiger partial charge in [-0.1, -0.05) is 0 Å². The third-order valence-corrected chi connectivity index (χ3v) is 1.57. The smallest absolute Gasteiger partial charge is 0.160 e. The van der Waals surface area contributed by atoms with Crippen molar-refractivity contribution >= 4 is 5.69 Å². The number of hydrogen-bond donors (Lipinski definition) is 1. The van der Waals surface area contributed by atoms with Crippen LogP contribution in [0.5, 0.6) is 5.75 Å². The number of rotatable bonds is 5. The normalized spacial score (nSPS) is 9.92. The Kier molecular flexibility index (Phi) is 4.05. The number of nitrogen functional groups attached to an aromatic ring is 1. The molecule has 0 atom stereocenters. The maximum Gasteiger partial charge on any atom is 0.160 e. The van der Waals surface area contributed by atoms with Gasteiger partial charge in [0.2, 0.25) is 0 Å². The highest BCUT2D eigenvalue weighted by molar-refractivity contribution is 5.49. The fraction of sp³-hybridized carbons (Fsp3) is 0.444. The number of nitrogens with zero attached hydrogens (tertiary/aromatic N) is 1. The van der Waals surface area contributed by atoms with Gasteiger partial charge in [-0.05, 0) is 6.07 Å². The Morgan fingerprint density at radius 1 is 1.46 bits per heavy atom. The van der Waals surface area contributed by atoms with Crippen molar-refractivity contribution < 1.29 is 9.47 Å². The van der Waals surface area contributed by atoms with Gasteiger partial charge in [0.15, 0.2) is 5.75 Å². The van der Waals surface area contributed by atoms with Gasteiger partial charge in [0.1, 0.15) is 0 Å². The van der Waals surface area contributed by atoms with Crippen LogP contribution in [0, 0.1) is 0 Å². The minimum Gasteiger partial charge on any atom is -0.490 e. The molecule has 0 fully saturated rings. The lowest BCUT2D eigenvalue weighted by Gasteiger charge is -2.06. The van der Waals surface area contributed by atoms with Crippen molar-refractivity contribution in [2.24, 2.45) is 0 Å². The quantitative estimate of drug-likeness (QED) is 0.692. The molecule has 0 aliphatic carbocycles. The van der Waals surface area contributed by atoms with Crippen LogP contribution in [0.15, 0.2) is 18.5 Å². The largest absolute Gasteiger partial charge is 0.490 e. The molecule has 0 spiro atoms. The number of nitrogens with two attached hydrogens (primary N) is 1. The molecule has 2 N–H and O–H groups in total. The van der Waals surface area contributed by atoms with Gasteiger partial charge in [-0.2, -0.15) is 0 Å². The Morgan fingerprint density at radius 2 is 2.31 bits per heavy atom. The summed E-state index contributed by atoms with van der Waals surface area (Å²) in [5.74, 6) is 0.638. The third kappa shape index (κ3) is 3.29. The van der Waals surface area contributed by atoms with Gasteiger partial charge >= 0.3 is 0 Å². The summed E-state index contributed by atoms with van der Waals surface area (Å²) in [6, 6.07) is 1.71. The number of aromatic nitrogens is 1. The molecule has 4 heteroatoms. The lowest BCUT2D eigenvalue weighted by atomic mass is 10.4. The second kappa shape index (κ2) is 5.37. The lowest BCUT2D eigenvalue weighted by Crippen LogP contribution is -2.03. The summed E-state index contributed by atoms with van der Waals surface area (Å²) in [7, 11) is 1.67. The molecule has 0 saturated heterocycles. The van der Waals surface area contributed by atoms with Crippen molar-refractivity contribution in [1.29, 1.82) is 0 Å². The van der Waals surface area contributed by atoms with Gasteiger partial charge in [-0.3, -0.25) is 4.98 Å². The average Bonchev–Trinajstić information content (AvgIpc) is 2.15. The Labute approximate surface area is 77.7 Å². The fourth-order valence-corrected chi connectivity index (χ4v) is 0.897. The van der Waals surface area contributed by atoms with Gasteiger partial charge in [0, 0.05) is 26.3 Å². The van der Waals surface area contributed by atoms with Gasteiger partial charge in [-0.25, -0.2) is 0 Å². The average molecular weight is 182 g/mol. The van der Waals surface area contributed by atoms with Gasteiger partial charge in [0.25, 0.3) is 0 Å². The molecule has 1 aromatic heterocycles. The van der Waals surface area contributed by atoms with Crippen LogP contribution in [0.4, 0.5) is 5.69 Å². The molecule has 0 aromatic carbocycles. The zero-order chi connectivity index (χ0) is 9.52. The zero-order valence-electron chi connectivity index (χ0n) is 7.69. The molecule has 0 bridgehead atoms. The number of hydrogen-bond acceptors (Lipinski definition) is 4. The summed E-state index contributed by atoms with van der Waals surface area (Å²) >= 11 is 0. The van der Waals surface area contributed by atoms with Crippen LogP contribution < -0.4 is 10.5 Å². The highest BCUT2D eigenvalue weighted by Gasteiger charge is 1.97. The number of anilines is 1. The van der Waals surface area contributed by atoms with E-state index in [9.17, 15) is 0 Å². The van der Waals surface area contributed by atoms with E-state index in [0.29, 0.717) is 24.7 Å². The molecular weight excluding hydrogens is 168 g/mol. The van der Waals surface area contributed by atoms with Crippen molar-refractivity contribution in [2.45, 2.75) is 6.42 Å². The van der Waals surface area contributed by atoms with Gasteiger partial charge in [0.05, 0.1) is 18.5 Å². The van der Waals surface area contributed by atoms with Crippen LogP contribution in [0.3, 0.4) is 0 Å². The summed E-state index contributed by atoms with van der Waals surface area (Å²) in [5.41, 5.74) is 6.26. The van der Waals surface area contributed by atoms with Crippen LogP contribution in [0.2, 0.25) is 0 Å². The van der Waals surface area contributed by atoms with Crippen molar-refractivity contribution in [1.82, 2.24) is 4.98 Å². The lowest BCUT2D eigenvalue weighted by molar-refractivity contribution is 0.172. The second-order valence-electron chi connectivity index (χ2n) is 2.61. The number of ether oxygens (including phenoxy) is 2. The summed E-state index contributed by atoms with van der Waals surface area (Å²) in [6.07, 6.45) is 4.10. The summed E-state index contributed by atoms with van der Waals surface area (Å²) in [4.78, 5) is 3.91. The van der Waals surface area contributed by atoms with Crippen molar-refractivity contribution in [3.63, 3.8) is 0 Å². The Hall–Kier alpha value is -1.29. The first-order valence-electron chi connectivity index (χ1n) is 4.16. The predicted molar refractivity (Wildman–Crippen MR) is 50.6 cm³/mol. The standard InChI is InChI=1S/C9H14N2O2/c1-12-5-2-6-13-9-7-11-4-3-8(9)10/h3-4,7H,2,5-6H2,1H3,(H2,10,11). The van der Waals surface area contributed by atoms with E-state index in [1.165, 1.54) is 0 Å². The first kappa shape index (κ1) is 9.80. The molecule has 0 aliphatic rings. The Bertz CT molecular complexity index is 253. The predicted octanol–water partition coefficient (Wildman–Crippen LogP) is 1.08. The van der Waals surface area contributed by atoms with E-state index in [2.05, 4.69) is 4.98 Å². The summed E-state index contributed by atoms with van der Waals surface area (Å²) in [6.45, 7) is 1.30. The van der Waals surface area contributed by atoms with Crippen molar-refractivity contribution in [3.8, 4) is 5.75 Å². The molecule has 4 nitrogen and oxygen atoms in total. The van der Waals surface area contributed by atoms with E-state index < -0.39 is 0 Å². The molecular formula is C9H14N2O2. The highest BCUT2D eigenvalue weighted by Crippen LogP contribution is 2.17. The van der Waals surface area contributed by atoms with Crippen LogP contribution in [-0.4, -0.2) is 25.3 Å². The van der Waals surface area contributed by atoms with E-state index in [0.717, 1.165) is 6.42 Å². The highest BCUT2D eigenvalue weighted by atomic mass is 16.5.